The summed E-state index contributed by atoms with van der Waals surface area (Å²) in [6, 6.07) is 56.9. The van der Waals surface area contributed by atoms with Crippen LogP contribution in [0.2, 0.25) is 0 Å². The third kappa shape index (κ3) is 5.76. The van der Waals surface area contributed by atoms with Gasteiger partial charge in [-0.1, -0.05) is 133 Å². The first-order valence-electron chi connectivity index (χ1n) is 17.6. The van der Waals surface area contributed by atoms with Crippen LogP contribution in [-0.2, 0) is 0 Å². The summed E-state index contributed by atoms with van der Waals surface area (Å²) in [6.45, 7) is 0. The summed E-state index contributed by atoms with van der Waals surface area (Å²) in [5.74, 6) is 0. The van der Waals surface area contributed by atoms with Crippen molar-refractivity contribution in [2.45, 2.75) is 6.42 Å². The number of hydrogen-bond donors (Lipinski definition) is 1. The highest BCUT2D eigenvalue weighted by molar-refractivity contribution is 6.16. The summed E-state index contributed by atoms with van der Waals surface area (Å²) in [4.78, 5) is 7.42. The van der Waals surface area contributed by atoms with E-state index in [0.29, 0.717) is 5.70 Å². The zero-order chi connectivity index (χ0) is 34.9. The number of aliphatic imine (C=N–C) groups is 1. The molecule has 248 valence electrons. The molecule has 0 spiro atoms. The number of furan rings is 1. The van der Waals surface area contributed by atoms with Gasteiger partial charge in [0.25, 0.3) is 0 Å². The van der Waals surface area contributed by atoms with Crippen LogP contribution in [0.4, 0.5) is 17.1 Å². The molecule has 0 radical (unpaired) electrons. The molecule has 1 aromatic heterocycles. The smallest absolute Gasteiger partial charge is 0.143 e. The maximum absolute atomic E-state index is 7.18. The van der Waals surface area contributed by atoms with E-state index in [2.05, 4.69) is 138 Å². The van der Waals surface area contributed by atoms with Gasteiger partial charge in [0.1, 0.15) is 11.2 Å². The zero-order valence-corrected chi connectivity index (χ0v) is 28.5. The first kappa shape index (κ1) is 31.1. The van der Waals surface area contributed by atoms with E-state index in [0.717, 1.165) is 79.1 Å². The van der Waals surface area contributed by atoms with Gasteiger partial charge in [0, 0.05) is 56.7 Å². The second-order valence-electron chi connectivity index (χ2n) is 12.9. The molecule has 1 aliphatic rings. The molecule has 0 fully saturated rings. The molecule has 0 atom stereocenters. The second-order valence-corrected chi connectivity index (χ2v) is 12.9. The number of hydrogen-bond acceptors (Lipinski definition) is 4. The Labute approximate surface area is 302 Å². The lowest BCUT2D eigenvalue weighted by molar-refractivity contribution is 0.670. The van der Waals surface area contributed by atoms with Crippen molar-refractivity contribution in [3.8, 4) is 11.1 Å². The van der Waals surface area contributed by atoms with Crippen molar-refractivity contribution in [3.05, 3.63) is 199 Å². The van der Waals surface area contributed by atoms with Crippen LogP contribution in [0.15, 0.2) is 198 Å². The molecule has 4 nitrogen and oxygen atoms in total. The van der Waals surface area contributed by atoms with E-state index >= 15 is 0 Å². The summed E-state index contributed by atoms with van der Waals surface area (Å²) >= 11 is 0. The molecule has 1 heterocycles. The van der Waals surface area contributed by atoms with Gasteiger partial charge >= 0.3 is 0 Å². The number of allylic oxidation sites excluding steroid dienone is 4. The van der Waals surface area contributed by atoms with Gasteiger partial charge in [0.05, 0.1) is 11.4 Å². The Balaban J connectivity index is 1.18. The molecular formula is C48H35N3O. The predicted octanol–water partition coefficient (Wildman–Crippen LogP) is 12.6. The number of benzene rings is 7. The lowest BCUT2D eigenvalue weighted by Gasteiger charge is -2.26. The maximum Gasteiger partial charge on any atom is 0.143 e. The van der Waals surface area contributed by atoms with E-state index in [4.69, 9.17) is 15.1 Å². The fourth-order valence-corrected chi connectivity index (χ4v) is 7.14. The normalized spacial score (nSPS) is 14.0. The van der Waals surface area contributed by atoms with E-state index < -0.39 is 0 Å². The first-order valence-corrected chi connectivity index (χ1v) is 17.6. The summed E-state index contributed by atoms with van der Waals surface area (Å²) < 4.78 is 6.68. The highest BCUT2D eigenvalue weighted by Gasteiger charge is 2.21. The Morgan fingerprint density at radius 2 is 1.31 bits per heavy atom. The van der Waals surface area contributed by atoms with E-state index in [1.807, 2.05) is 54.6 Å². The molecule has 2 N–H and O–H groups in total. The molecule has 7 aromatic carbocycles. The fraction of sp³-hybridized carbons (Fsp3) is 0.0208. The average Bonchev–Trinajstić information content (AvgIpc) is 3.61. The molecule has 52 heavy (non-hydrogen) atoms. The quantitative estimate of drug-likeness (QED) is 0.172. The van der Waals surface area contributed by atoms with Gasteiger partial charge in [-0.3, -0.25) is 4.99 Å². The monoisotopic (exact) mass is 669 g/mol. The van der Waals surface area contributed by atoms with Gasteiger partial charge in [0.2, 0.25) is 0 Å². The molecule has 0 saturated carbocycles. The van der Waals surface area contributed by atoms with Crippen LogP contribution in [0.3, 0.4) is 0 Å². The second kappa shape index (κ2) is 13.4. The highest BCUT2D eigenvalue weighted by atomic mass is 16.3. The standard InChI is InChI=1S/C48H35N3O/c49-46(47(35-15-4-1-5-16-35)50-37-18-6-2-7-19-37)43-31-30-41(48-45(43)42-22-12-13-23-44(42)52-48)34-25-27-39(28-26-34)51(38-20-8-3-9-21-38)40-29-24-33-14-10-11-17-36(33)32-40/h1-18,20-32H,19,49H2/b47-46-,50-37?. The largest absolute Gasteiger partial charge is 0.455 e. The molecule has 0 saturated heterocycles. The zero-order valence-electron chi connectivity index (χ0n) is 28.5. The van der Waals surface area contributed by atoms with Gasteiger partial charge in [-0.2, -0.15) is 0 Å². The van der Waals surface area contributed by atoms with Crippen LogP contribution >= 0.6 is 0 Å². The van der Waals surface area contributed by atoms with Crippen LogP contribution in [0.5, 0.6) is 0 Å². The fourth-order valence-electron chi connectivity index (χ4n) is 7.14. The maximum atomic E-state index is 7.18. The number of nitrogens with two attached hydrogens (primary N) is 1. The number of nitrogens with zero attached hydrogens (tertiary/aromatic N) is 2. The Bertz CT molecular complexity index is 2700. The Hall–Kier alpha value is -6.91. The van der Waals surface area contributed by atoms with Gasteiger partial charge in [-0.25, -0.2) is 0 Å². The molecule has 0 aliphatic heterocycles. The Morgan fingerprint density at radius 3 is 2.10 bits per heavy atom. The predicted molar refractivity (Wildman–Crippen MR) is 219 cm³/mol. The van der Waals surface area contributed by atoms with Crippen LogP contribution in [-0.4, -0.2) is 5.71 Å². The van der Waals surface area contributed by atoms with Gasteiger partial charge < -0.3 is 15.1 Å². The van der Waals surface area contributed by atoms with Crippen molar-refractivity contribution >= 4 is 66.9 Å². The van der Waals surface area contributed by atoms with E-state index in [1.54, 1.807) is 0 Å². The van der Waals surface area contributed by atoms with Crippen LogP contribution in [0.25, 0.3) is 55.2 Å². The number of para-hydroxylation sites is 2. The summed E-state index contributed by atoms with van der Waals surface area (Å²) in [6.07, 6.45) is 8.97. The van der Waals surface area contributed by atoms with Crippen molar-refractivity contribution < 1.29 is 4.42 Å². The molecule has 0 bridgehead atoms. The first-order chi connectivity index (χ1) is 25.7. The van der Waals surface area contributed by atoms with Crippen molar-refractivity contribution in [2.24, 2.45) is 10.7 Å². The lowest BCUT2D eigenvalue weighted by atomic mass is 9.95. The molecule has 0 amide bonds. The van der Waals surface area contributed by atoms with Crippen molar-refractivity contribution in [2.75, 3.05) is 4.90 Å². The molecule has 8 aromatic rings. The van der Waals surface area contributed by atoms with Crippen LogP contribution in [0.1, 0.15) is 17.5 Å². The number of rotatable bonds is 7. The highest BCUT2D eigenvalue weighted by Crippen LogP contribution is 2.42. The molecular weight excluding hydrogens is 635 g/mol. The number of anilines is 3. The van der Waals surface area contributed by atoms with Crippen molar-refractivity contribution in [1.29, 1.82) is 0 Å². The summed E-state index contributed by atoms with van der Waals surface area (Å²) in [5.41, 5.74) is 18.3. The van der Waals surface area contributed by atoms with E-state index in [9.17, 15) is 0 Å². The van der Waals surface area contributed by atoms with E-state index in [1.165, 1.54) is 10.8 Å². The third-order valence-electron chi connectivity index (χ3n) is 9.68. The van der Waals surface area contributed by atoms with Gasteiger partial charge in [0.15, 0.2) is 0 Å². The molecule has 4 heteroatoms. The average molecular weight is 670 g/mol. The minimum absolute atomic E-state index is 0.606. The molecule has 1 aliphatic carbocycles. The Morgan fingerprint density at radius 1 is 0.615 bits per heavy atom. The lowest BCUT2D eigenvalue weighted by Crippen LogP contribution is -2.09. The van der Waals surface area contributed by atoms with Crippen molar-refractivity contribution in [1.82, 2.24) is 0 Å². The minimum Gasteiger partial charge on any atom is -0.455 e. The van der Waals surface area contributed by atoms with Crippen LogP contribution < -0.4 is 10.6 Å². The summed E-state index contributed by atoms with van der Waals surface area (Å²) in [7, 11) is 0. The molecule has 0 unspecified atom stereocenters. The van der Waals surface area contributed by atoms with Crippen LogP contribution in [0, 0.1) is 0 Å². The molecule has 9 rings (SSSR count). The summed E-state index contributed by atoms with van der Waals surface area (Å²) in [5, 5.41) is 4.41. The minimum atomic E-state index is 0.606. The topological polar surface area (TPSA) is 54.8 Å². The third-order valence-corrected chi connectivity index (χ3v) is 9.68. The Kier molecular flexibility index (Phi) is 8.03. The van der Waals surface area contributed by atoms with Gasteiger partial charge in [-0.15, -0.1) is 0 Å². The van der Waals surface area contributed by atoms with E-state index in [-0.39, 0.29) is 0 Å². The van der Waals surface area contributed by atoms with Gasteiger partial charge in [-0.05, 0) is 70.9 Å². The number of fused-ring (bicyclic) bond motifs is 4. The SMILES string of the molecule is N/C(=C(\N=C1C=CC=CC1)c1ccccc1)c1ccc(-c2ccc(N(c3ccccc3)c3ccc4ccccc4c3)cc2)c2oc3ccccc3c12. The van der Waals surface area contributed by atoms with Crippen molar-refractivity contribution in [3.63, 3.8) is 0 Å².